The molecule has 0 spiro atoms. The molecule has 1 aromatic carbocycles. The summed E-state index contributed by atoms with van der Waals surface area (Å²) in [5.41, 5.74) is -0.502. The number of hydrogen-bond acceptors (Lipinski definition) is 3. The minimum absolute atomic E-state index is 0.290. The first kappa shape index (κ1) is 17.0. The van der Waals surface area contributed by atoms with Gasteiger partial charge in [-0.05, 0) is 38.6 Å². The van der Waals surface area contributed by atoms with E-state index in [9.17, 15) is 21.6 Å². The average molecular weight is 309 g/mol. The zero-order valence-electron chi connectivity index (χ0n) is 11.7. The van der Waals surface area contributed by atoms with Crippen molar-refractivity contribution >= 4 is 9.84 Å². The third-order valence-electron chi connectivity index (χ3n) is 3.49. The Bertz CT molecular complexity index is 580. The summed E-state index contributed by atoms with van der Waals surface area (Å²) in [6, 6.07) is 3.97. The zero-order chi connectivity index (χ0) is 15.8. The highest BCUT2D eigenvalue weighted by Crippen LogP contribution is 2.35. The molecular weight excluding hydrogens is 291 g/mol. The maximum Gasteiger partial charge on any atom is 0.416 e. The maximum absolute atomic E-state index is 12.7. The molecule has 0 aliphatic carbocycles. The highest BCUT2D eigenvalue weighted by molar-refractivity contribution is 7.92. The molecule has 3 nitrogen and oxygen atoms in total. The van der Waals surface area contributed by atoms with Crippen molar-refractivity contribution in [2.75, 3.05) is 13.3 Å². The van der Waals surface area contributed by atoms with Crippen molar-refractivity contribution in [1.82, 2.24) is 5.32 Å². The summed E-state index contributed by atoms with van der Waals surface area (Å²) < 4.78 is 60.6. The van der Waals surface area contributed by atoms with Crippen molar-refractivity contribution in [3.63, 3.8) is 0 Å². The zero-order valence-corrected chi connectivity index (χ0v) is 12.6. The number of hydrogen-bond donors (Lipinski definition) is 1. The summed E-state index contributed by atoms with van der Waals surface area (Å²) in [5.74, 6) is 0. The summed E-state index contributed by atoms with van der Waals surface area (Å²) in [4.78, 5) is 0. The summed E-state index contributed by atoms with van der Waals surface area (Å²) >= 11 is 0. The first-order chi connectivity index (χ1) is 8.91. The van der Waals surface area contributed by atoms with Crippen LogP contribution in [-0.4, -0.2) is 26.5 Å². The van der Waals surface area contributed by atoms with Gasteiger partial charge in [-0.2, -0.15) is 13.2 Å². The minimum Gasteiger partial charge on any atom is -0.312 e. The summed E-state index contributed by atoms with van der Waals surface area (Å²) in [7, 11) is -1.93. The molecule has 0 saturated heterocycles. The van der Waals surface area contributed by atoms with E-state index in [4.69, 9.17) is 0 Å². The van der Waals surface area contributed by atoms with Gasteiger partial charge in [-0.15, -0.1) is 0 Å². The molecule has 1 aromatic rings. The molecule has 0 amide bonds. The SMILES string of the molecule is CNC(c1cccc(C(F)(F)F)c1)C(C)(C)S(C)(=O)=O. The van der Waals surface area contributed by atoms with Crippen LogP contribution in [0.5, 0.6) is 0 Å². The average Bonchev–Trinajstić information content (AvgIpc) is 2.27. The van der Waals surface area contributed by atoms with E-state index < -0.39 is 32.4 Å². The molecule has 1 unspecified atom stereocenters. The van der Waals surface area contributed by atoms with Crippen molar-refractivity contribution in [3.05, 3.63) is 35.4 Å². The number of sulfone groups is 1. The molecule has 0 fully saturated rings. The Morgan fingerprint density at radius 3 is 2.15 bits per heavy atom. The van der Waals surface area contributed by atoms with E-state index in [1.54, 1.807) is 0 Å². The molecule has 114 valence electrons. The van der Waals surface area contributed by atoms with E-state index in [2.05, 4.69) is 5.32 Å². The largest absolute Gasteiger partial charge is 0.416 e. The van der Waals surface area contributed by atoms with Gasteiger partial charge in [-0.25, -0.2) is 8.42 Å². The third-order valence-corrected chi connectivity index (χ3v) is 5.63. The van der Waals surface area contributed by atoms with Crippen molar-refractivity contribution < 1.29 is 21.6 Å². The second-order valence-corrected chi connectivity index (χ2v) is 7.82. The molecule has 0 saturated carbocycles. The van der Waals surface area contributed by atoms with Gasteiger partial charge in [0.25, 0.3) is 0 Å². The van der Waals surface area contributed by atoms with Crippen LogP contribution in [-0.2, 0) is 16.0 Å². The molecule has 0 aliphatic heterocycles. The van der Waals surface area contributed by atoms with Crippen molar-refractivity contribution in [3.8, 4) is 0 Å². The molecule has 0 heterocycles. The lowest BCUT2D eigenvalue weighted by Gasteiger charge is -2.33. The minimum atomic E-state index is -4.45. The first-order valence-electron chi connectivity index (χ1n) is 5.95. The Morgan fingerprint density at radius 2 is 1.75 bits per heavy atom. The van der Waals surface area contributed by atoms with E-state index in [0.29, 0.717) is 0 Å². The van der Waals surface area contributed by atoms with E-state index in [1.807, 2.05) is 0 Å². The van der Waals surface area contributed by atoms with Crippen LogP contribution < -0.4 is 5.32 Å². The lowest BCUT2D eigenvalue weighted by molar-refractivity contribution is -0.137. The monoisotopic (exact) mass is 309 g/mol. The number of nitrogens with one attached hydrogen (secondary N) is 1. The molecule has 7 heteroatoms. The second kappa shape index (κ2) is 5.37. The van der Waals surface area contributed by atoms with Gasteiger partial charge in [0.05, 0.1) is 16.4 Å². The fourth-order valence-corrected chi connectivity index (χ4v) is 2.71. The molecule has 1 rings (SSSR count). The lowest BCUT2D eigenvalue weighted by atomic mass is 9.94. The van der Waals surface area contributed by atoms with Crippen LogP contribution in [0.1, 0.15) is 31.0 Å². The van der Waals surface area contributed by atoms with E-state index in [1.165, 1.54) is 33.0 Å². The Balaban J connectivity index is 3.35. The van der Waals surface area contributed by atoms with Gasteiger partial charge in [-0.3, -0.25) is 0 Å². The van der Waals surface area contributed by atoms with E-state index >= 15 is 0 Å². The van der Waals surface area contributed by atoms with Crippen molar-refractivity contribution in [2.24, 2.45) is 0 Å². The van der Waals surface area contributed by atoms with Gasteiger partial charge in [0, 0.05) is 6.26 Å². The molecule has 1 N–H and O–H groups in total. The molecule has 0 aliphatic rings. The predicted molar refractivity (Wildman–Crippen MR) is 72.2 cm³/mol. The third kappa shape index (κ3) is 3.32. The fourth-order valence-electron chi connectivity index (χ4n) is 2.02. The second-order valence-electron chi connectivity index (χ2n) is 5.22. The molecule has 0 radical (unpaired) electrons. The molecular formula is C13H18F3NO2S. The number of benzene rings is 1. The quantitative estimate of drug-likeness (QED) is 0.930. The van der Waals surface area contributed by atoms with E-state index in [-0.39, 0.29) is 5.56 Å². The van der Waals surface area contributed by atoms with Crippen LogP contribution in [0.25, 0.3) is 0 Å². The van der Waals surface area contributed by atoms with Crippen LogP contribution in [0.2, 0.25) is 0 Å². The Hall–Kier alpha value is -1.08. The Kier molecular flexibility index (Phi) is 4.55. The maximum atomic E-state index is 12.7. The summed E-state index contributed by atoms with van der Waals surface area (Å²) in [6.07, 6.45) is -3.38. The van der Waals surface area contributed by atoms with Crippen molar-refractivity contribution in [2.45, 2.75) is 30.8 Å². The highest BCUT2D eigenvalue weighted by Gasteiger charge is 2.40. The topological polar surface area (TPSA) is 46.2 Å². The predicted octanol–water partition coefficient (Wildman–Crippen LogP) is 2.79. The first-order valence-corrected chi connectivity index (χ1v) is 7.84. The van der Waals surface area contributed by atoms with Gasteiger partial charge in [0.1, 0.15) is 0 Å². The highest BCUT2D eigenvalue weighted by atomic mass is 32.2. The number of rotatable bonds is 4. The van der Waals surface area contributed by atoms with Crippen LogP contribution >= 0.6 is 0 Å². The van der Waals surface area contributed by atoms with Crippen LogP contribution in [0, 0.1) is 0 Å². The number of halogens is 3. The van der Waals surface area contributed by atoms with Crippen LogP contribution in [0.15, 0.2) is 24.3 Å². The molecule has 20 heavy (non-hydrogen) atoms. The molecule has 0 aromatic heterocycles. The Labute approximate surface area is 117 Å². The van der Waals surface area contributed by atoms with Gasteiger partial charge in [0.15, 0.2) is 9.84 Å². The molecule has 0 bridgehead atoms. The fraction of sp³-hybridized carbons (Fsp3) is 0.538. The standard InChI is InChI=1S/C13H18F3NO2S/c1-12(2,20(4,18)19)11(17-3)9-6-5-7-10(8-9)13(14,15)16/h5-8,11,17H,1-4H3. The summed E-state index contributed by atoms with van der Waals surface area (Å²) in [6.45, 7) is 2.98. The normalized spacial score (nSPS) is 15.2. The van der Waals surface area contributed by atoms with Crippen LogP contribution in [0.3, 0.4) is 0 Å². The van der Waals surface area contributed by atoms with Gasteiger partial charge in [-0.1, -0.05) is 12.1 Å². The van der Waals surface area contributed by atoms with E-state index in [0.717, 1.165) is 18.4 Å². The Morgan fingerprint density at radius 1 is 1.20 bits per heavy atom. The smallest absolute Gasteiger partial charge is 0.312 e. The van der Waals surface area contributed by atoms with Gasteiger partial charge < -0.3 is 5.32 Å². The van der Waals surface area contributed by atoms with Gasteiger partial charge >= 0.3 is 6.18 Å². The van der Waals surface area contributed by atoms with Crippen LogP contribution in [0.4, 0.5) is 13.2 Å². The lowest BCUT2D eigenvalue weighted by Crippen LogP contribution is -2.43. The summed E-state index contributed by atoms with van der Waals surface area (Å²) in [5, 5.41) is 2.80. The van der Waals surface area contributed by atoms with Crippen molar-refractivity contribution in [1.29, 1.82) is 0 Å². The van der Waals surface area contributed by atoms with Gasteiger partial charge in [0.2, 0.25) is 0 Å². The number of alkyl halides is 3. The molecule has 1 atom stereocenters.